The summed E-state index contributed by atoms with van der Waals surface area (Å²) in [5.74, 6) is 0.471. The molecule has 0 aromatic heterocycles. The smallest absolute Gasteiger partial charge is 0.261 e. The Labute approximate surface area is 277 Å². The van der Waals surface area contributed by atoms with E-state index >= 15 is 0 Å². The van der Waals surface area contributed by atoms with Crippen LogP contribution in [0.1, 0.15) is 82.6 Å². The number of ketones is 1. The summed E-state index contributed by atoms with van der Waals surface area (Å²) in [6.45, 7) is 30.0. The van der Waals surface area contributed by atoms with E-state index in [9.17, 15) is 4.79 Å². The summed E-state index contributed by atoms with van der Waals surface area (Å²) in [6.07, 6.45) is 0.0919. The summed E-state index contributed by atoms with van der Waals surface area (Å²) in [5, 5.41) is 2.51. The number of hydrogen-bond acceptors (Lipinski definition) is 5. The Morgan fingerprint density at radius 3 is 1.80 bits per heavy atom. The van der Waals surface area contributed by atoms with Crippen LogP contribution >= 0.6 is 0 Å². The number of ether oxygens (including phenoxy) is 2. The molecule has 0 N–H and O–H groups in total. The summed E-state index contributed by atoms with van der Waals surface area (Å²) >= 11 is 0. The van der Waals surface area contributed by atoms with Crippen molar-refractivity contribution in [3.8, 4) is 0 Å². The van der Waals surface area contributed by atoms with Gasteiger partial charge in [0.1, 0.15) is 12.6 Å². The maximum Gasteiger partial charge on any atom is 0.261 e. The maximum atomic E-state index is 12.7. The van der Waals surface area contributed by atoms with Gasteiger partial charge in [0.05, 0.1) is 18.3 Å². The number of benzene rings is 2. The third kappa shape index (κ3) is 8.65. The lowest BCUT2D eigenvalue weighted by molar-refractivity contribution is -0.226. The summed E-state index contributed by atoms with van der Waals surface area (Å²) in [5.41, 5.74) is 0. The van der Waals surface area contributed by atoms with E-state index in [0.29, 0.717) is 13.0 Å². The Morgan fingerprint density at radius 2 is 1.36 bits per heavy atom. The fraction of sp³-hybridized carbons (Fsp3) is 0.658. The normalized spacial score (nSPS) is 22.2. The van der Waals surface area contributed by atoms with Crippen LogP contribution in [0.5, 0.6) is 0 Å². The largest absolute Gasteiger partial charge is 0.413 e. The maximum absolute atomic E-state index is 12.7. The third-order valence-corrected chi connectivity index (χ3v) is 20.0. The lowest BCUT2D eigenvalue weighted by atomic mass is 9.80. The lowest BCUT2D eigenvalue weighted by Gasteiger charge is -2.48. The Kier molecular flexibility index (Phi) is 12.7. The van der Waals surface area contributed by atoms with Gasteiger partial charge in [0.15, 0.2) is 8.32 Å². The molecule has 0 aliphatic carbocycles. The molecule has 0 spiro atoms. The Bertz CT molecular complexity index is 1160. The molecule has 1 fully saturated rings. The molecular weight excluding hydrogens is 593 g/mol. The molecule has 1 aliphatic heterocycles. The van der Waals surface area contributed by atoms with Gasteiger partial charge in [-0.25, -0.2) is 0 Å². The fourth-order valence-electron chi connectivity index (χ4n) is 6.59. The summed E-state index contributed by atoms with van der Waals surface area (Å²) in [4.78, 5) is 12.7. The molecule has 1 saturated heterocycles. The fourth-order valence-corrected chi connectivity index (χ4v) is 12.7. The highest BCUT2D eigenvalue weighted by Crippen LogP contribution is 2.42. The molecule has 3 rings (SSSR count). The molecule has 1 aliphatic rings. The molecule has 0 saturated carbocycles. The molecule has 45 heavy (non-hydrogen) atoms. The number of rotatable bonds is 13. The van der Waals surface area contributed by atoms with Crippen LogP contribution < -0.4 is 10.4 Å². The minimum atomic E-state index is -2.71. The van der Waals surface area contributed by atoms with E-state index in [1.54, 1.807) is 0 Å². The second-order valence-electron chi connectivity index (χ2n) is 16.3. The average Bonchev–Trinajstić information content (AvgIpc) is 2.96. The minimum Gasteiger partial charge on any atom is -0.413 e. The number of Topliss-reactive ketones (excluding diaryl/α,β-unsaturated/α-hetero) is 1. The van der Waals surface area contributed by atoms with Crippen molar-refractivity contribution in [2.45, 2.75) is 124 Å². The zero-order chi connectivity index (χ0) is 33.8. The van der Waals surface area contributed by atoms with E-state index in [1.165, 1.54) is 10.4 Å². The van der Waals surface area contributed by atoms with Crippen LogP contribution in [0, 0.1) is 23.7 Å². The van der Waals surface area contributed by atoms with Gasteiger partial charge in [-0.3, -0.25) is 4.79 Å². The Balaban J connectivity index is 2.00. The SMILES string of the molecule is CC(C)C(=O)C[C@@H]1OCO[C@@H]([C@@H](C)[C@@H](O[Si](C)(C)C(C)(C)C)[C@H](C)CO[Si](c2ccccc2)(c2ccccc2)C(C)(C)C)[C@H]1C. The second-order valence-corrected chi connectivity index (χ2v) is 25.4. The van der Waals surface area contributed by atoms with E-state index < -0.39 is 16.6 Å². The second kappa shape index (κ2) is 15.1. The Hall–Kier alpha value is -1.62. The van der Waals surface area contributed by atoms with E-state index in [-0.39, 0.29) is 64.6 Å². The predicted molar refractivity (Wildman–Crippen MR) is 192 cm³/mol. The van der Waals surface area contributed by atoms with Gasteiger partial charge in [0, 0.05) is 36.7 Å². The first-order valence-corrected chi connectivity index (χ1v) is 21.8. The number of carbonyl (C=O) groups excluding carboxylic acids is 1. The van der Waals surface area contributed by atoms with Gasteiger partial charge < -0.3 is 18.3 Å². The van der Waals surface area contributed by atoms with Crippen molar-refractivity contribution in [1.82, 2.24) is 0 Å². The van der Waals surface area contributed by atoms with Crippen LogP contribution in [0.15, 0.2) is 60.7 Å². The van der Waals surface area contributed by atoms with Gasteiger partial charge in [-0.2, -0.15) is 0 Å². The number of hydrogen-bond donors (Lipinski definition) is 0. The summed E-state index contributed by atoms with van der Waals surface area (Å²) < 4.78 is 27.2. The van der Waals surface area contributed by atoms with Crippen molar-refractivity contribution < 1.29 is 23.1 Å². The van der Waals surface area contributed by atoms with Crippen LogP contribution in [0.4, 0.5) is 0 Å². The monoisotopic (exact) mass is 654 g/mol. The molecule has 1 heterocycles. The molecule has 0 bridgehead atoms. The molecule has 6 atom stereocenters. The van der Waals surface area contributed by atoms with Crippen LogP contribution in [0.25, 0.3) is 0 Å². The van der Waals surface area contributed by atoms with Gasteiger partial charge in [-0.15, -0.1) is 0 Å². The van der Waals surface area contributed by atoms with Gasteiger partial charge in [-0.05, 0) is 33.5 Å². The van der Waals surface area contributed by atoms with Crippen LogP contribution in [-0.2, 0) is 23.1 Å². The predicted octanol–water partition coefficient (Wildman–Crippen LogP) is 8.22. The molecule has 0 radical (unpaired) electrons. The van der Waals surface area contributed by atoms with Crippen molar-refractivity contribution in [3.63, 3.8) is 0 Å². The van der Waals surface area contributed by atoms with Crippen molar-refractivity contribution in [2.75, 3.05) is 13.4 Å². The van der Waals surface area contributed by atoms with E-state index in [1.807, 2.05) is 13.8 Å². The van der Waals surface area contributed by atoms with Crippen molar-refractivity contribution in [2.24, 2.45) is 23.7 Å². The first kappa shape index (κ1) is 37.8. The van der Waals surface area contributed by atoms with Crippen LogP contribution in [-0.4, -0.2) is 54.1 Å². The zero-order valence-electron chi connectivity index (χ0n) is 30.5. The zero-order valence-corrected chi connectivity index (χ0v) is 32.5. The van der Waals surface area contributed by atoms with E-state index in [4.69, 9.17) is 18.3 Å². The average molecular weight is 655 g/mol. The van der Waals surface area contributed by atoms with Crippen LogP contribution in [0.3, 0.4) is 0 Å². The number of carbonyl (C=O) groups is 1. The van der Waals surface area contributed by atoms with Crippen molar-refractivity contribution >= 4 is 32.8 Å². The highest BCUT2D eigenvalue weighted by atomic mass is 28.4. The van der Waals surface area contributed by atoms with Gasteiger partial charge in [-0.1, -0.05) is 137 Å². The highest BCUT2D eigenvalue weighted by Gasteiger charge is 2.51. The Morgan fingerprint density at radius 1 is 0.844 bits per heavy atom. The molecule has 0 amide bonds. The molecule has 252 valence electrons. The van der Waals surface area contributed by atoms with Crippen LogP contribution in [0.2, 0.25) is 23.2 Å². The molecule has 2 aromatic rings. The molecule has 2 aromatic carbocycles. The molecule has 5 nitrogen and oxygen atoms in total. The lowest BCUT2D eigenvalue weighted by Crippen LogP contribution is -2.67. The van der Waals surface area contributed by atoms with Crippen molar-refractivity contribution in [1.29, 1.82) is 0 Å². The van der Waals surface area contributed by atoms with Crippen molar-refractivity contribution in [3.05, 3.63) is 60.7 Å². The third-order valence-electron chi connectivity index (χ3n) is 10.5. The highest BCUT2D eigenvalue weighted by molar-refractivity contribution is 6.99. The molecule has 7 heteroatoms. The quantitative estimate of drug-likeness (QED) is 0.204. The standard InChI is InChI=1S/C38H62O5Si2/c1-27(2)33(39)24-34-29(4)36(41-26-40-34)30(5)35(43-44(12,13)37(6,7)8)28(3)25-42-45(38(9,10)11,31-20-16-14-17-21-31)32-22-18-15-19-23-32/h14-23,27-30,34-36H,24-26H2,1-13H3/t28-,29+,30+,34+,35+,36-/m1/s1. The summed E-state index contributed by atoms with van der Waals surface area (Å²) in [6, 6.07) is 21.7. The first-order chi connectivity index (χ1) is 20.8. The molecule has 0 unspecified atom stereocenters. The topological polar surface area (TPSA) is 54.0 Å². The summed E-state index contributed by atoms with van der Waals surface area (Å²) in [7, 11) is -4.88. The molecular formula is C38H62O5Si2. The van der Waals surface area contributed by atoms with Gasteiger partial charge >= 0.3 is 0 Å². The van der Waals surface area contributed by atoms with Gasteiger partial charge in [0.25, 0.3) is 8.32 Å². The van der Waals surface area contributed by atoms with E-state index in [2.05, 4.69) is 136 Å². The first-order valence-electron chi connectivity index (χ1n) is 17.0. The minimum absolute atomic E-state index is 0.00663. The van der Waals surface area contributed by atoms with E-state index in [0.717, 1.165) is 0 Å². The van der Waals surface area contributed by atoms with Gasteiger partial charge in [0.2, 0.25) is 0 Å².